The van der Waals surface area contributed by atoms with Crippen LogP contribution in [0.15, 0.2) is 67.0 Å². The van der Waals surface area contributed by atoms with Crippen molar-refractivity contribution in [3.8, 4) is 17.2 Å². The summed E-state index contributed by atoms with van der Waals surface area (Å²) in [5.74, 6) is -3.80. The van der Waals surface area contributed by atoms with Crippen LogP contribution >= 0.6 is 11.6 Å². The number of alkyl halides is 3. The third-order valence-electron chi connectivity index (χ3n) is 6.80. The third-order valence-corrected chi connectivity index (χ3v) is 7.15. The van der Waals surface area contributed by atoms with Crippen LogP contribution in [0.2, 0.25) is 5.02 Å². The van der Waals surface area contributed by atoms with Crippen molar-refractivity contribution in [2.24, 2.45) is 0 Å². The molecule has 0 radical (unpaired) electrons. The molecule has 2 N–H and O–H groups in total. The molecule has 5 aromatic rings. The summed E-state index contributed by atoms with van der Waals surface area (Å²) in [5, 5.41) is 19.0. The predicted molar refractivity (Wildman–Crippen MR) is 143 cm³/mol. The lowest BCUT2D eigenvalue weighted by atomic mass is 9.92. The Hall–Kier alpha value is -5.35. The van der Waals surface area contributed by atoms with Crippen molar-refractivity contribution in [2.45, 2.75) is 12.2 Å². The molecule has 6 rings (SSSR count). The zero-order valence-electron chi connectivity index (χ0n) is 22.2. The molecule has 0 bridgehead atoms. The van der Waals surface area contributed by atoms with Gasteiger partial charge in [-0.3, -0.25) is 9.59 Å². The maximum Gasteiger partial charge on any atom is 0.416 e. The van der Waals surface area contributed by atoms with Gasteiger partial charge in [-0.2, -0.15) is 23.5 Å². The Balaban J connectivity index is 1.56. The van der Waals surface area contributed by atoms with Crippen LogP contribution in [0.1, 0.15) is 50.5 Å². The molecular weight excluding hydrogens is 595 g/mol. The van der Waals surface area contributed by atoms with Crippen molar-refractivity contribution in [3.05, 3.63) is 117 Å². The van der Waals surface area contributed by atoms with Gasteiger partial charge >= 0.3 is 6.18 Å². The van der Waals surface area contributed by atoms with E-state index in [0.717, 1.165) is 16.6 Å². The van der Waals surface area contributed by atoms with Gasteiger partial charge in [0.25, 0.3) is 11.8 Å². The zero-order valence-corrected chi connectivity index (χ0v) is 22.0. The first-order valence-electron chi connectivity index (χ1n) is 12.7. The lowest BCUT2D eigenvalue weighted by Gasteiger charge is -2.19. The number of carbonyl (C=O) groups is 2. The van der Waals surface area contributed by atoms with Crippen LogP contribution in [-0.2, 0) is 6.18 Å². The van der Waals surface area contributed by atoms with Gasteiger partial charge in [0.2, 0.25) is 0 Å². The maximum atomic E-state index is 14.3. The van der Waals surface area contributed by atoms with E-state index in [2.05, 4.69) is 20.7 Å². The average Bonchev–Trinajstić information content (AvgIpc) is 3.51. The van der Waals surface area contributed by atoms with Gasteiger partial charge in [-0.25, -0.2) is 18.3 Å². The number of pyridine rings is 1. The number of aromatic nitrogens is 3. The van der Waals surface area contributed by atoms with Gasteiger partial charge in [0.05, 0.1) is 11.6 Å². The number of amides is 2. The highest BCUT2D eigenvalue weighted by atomic mass is 35.5. The number of nitrogens with zero attached hydrogens (tertiary/aromatic N) is 4. The maximum absolute atomic E-state index is 14.3. The van der Waals surface area contributed by atoms with Crippen LogP contribution in [0, 0.1) is 23.0 Å². The van der Waals surface area contributed by atoms with E-state index in [1.165, 1.54) is 30.3 Å². The molecule has 3 heterocycles. The molecule has 43 heavy (non-hydrogen) atoms. The number of nitriles is 1. The van der Waals surface area contributed by atoms with Crippen LogP contribution in [0.4, 0.5) is 27.6 Å². The van der Waals surface area contributed by atoms with E-state index in [1.807, 2.05) is 6.07 Å². The molecule has 1 aliphatic heterocycles. The van der Waals surface area contributed by atoms with E-state index < -0.39 is 46.8 Å². The van der Waals surface area contributed by atoms with E-state index in [4.69, 9.17) is 13.0 Å². The number of hydrogen-bond acceptors (Lipinski definition) is 5. The second-order valence-corrected chi connectivity index (χ2v) is 9.83. The first kappa shape index (κ1) is 26.5. The highest BCUT2D eigenvalue weighted by Gasteiger charge is 2.36. The summed E-state index contributed by atoms with van der Waals surface area (Å²) >= 11 is 6.33. The number of anilines is 1. The molecule has 214 valence electrons. The summed E-state index contributed by atoms with van der Waals surface area (Å²) in [6.07, 6.45) is -5.30. The van der Waals surface area contributed by atoms with Gasteiger partial charge in [-0.15, -0.1) is 0 Å². The second-order valence-electron chi connectivity index (χ2n) is 9.43. The quantitative estimate of drug-likeness (QED) is 0.232. The Morgan fingerprint density at radius 2 is 1.86 bits per heavy atom. The number of rotatable bonds is 4. The Bertz CT molecular complexity index is 2090. The van der Waals surface area contributed by atoms with E-state index in [-0.39, 0.29) is 62.2 Å². The first-order chi connectivity index (χ1) is 20.8. The molecule has 0 saturated carbocycles. The monoisotopic (exact) mass is 609 g/mol. The molecule has 3 aromatic carbocycles. The van der Waals surface area contributed by atoms with Crippen LogP contribution < -0.4 is 10.6 Å². The molecule has 0 saturated heterocycles. The van der Waals surface area contributed by atoms with Crippen molar-refractivity contribution >= 4 is 34.7 Å². The number of halogens is 6. The fourth-order valence-electron chi connectivity index (χ4n) is 4.92. The van der Waals surface area contributed by atoms with Gasteiger partial charge in [-0.05, 0) is 66.2 Å². The Morgan fingerprint density at radius 3 is 2.60 bits per heavy atom. The SMILES string of the molecule is [2H]c1nc2ccc(-c3cc(NC(=O)c4cc(F)cc(C(F)(F)F)c4)c4c(c3)C(=O)N[C@@H]4c3cc(F)ccc3Cl)c(C#N)n2n1. The summed E-state index contributed by atoms with van der Waals surface area (Å²) < 4.78 is 77.3. The normalized spacial score (nSPS) is 14.7. The Labute approximate surface area is 244 Å². The van der Waals surface area contributed by atoms with Crippen molar-refractivity contribution in [3.63, 3.8) is 0 Å². The number of benzene rings is 3. The minimum atomic E-state index is -4.94. The standard InChI is InChI=1S/C29H14ClF5N6O2/c30-21-3-1-16(31)10-19(21)26-25-20(28(43)40-26)7-13(18-2-4-24-37-12-38-41(24)23(18)11-36)8-22(25)39-27(42)14-5-15(29(33,34)35)9-17(32)6-14/h1-10,12,26H,(H,39,42)(H,40,43)/t26-/m1/s1/i12D. The van der Waals surface area contributed by atoms with Gasteiger partial charge < -0.3 is 10.6 Å². The average molecular weight is 610 g/mol. The molecule has 0 spiro atoms. The molecule has 1 atom stereocenters. The predicted octanol–water partition coefficient (Wildman–Crippen LogP) is 6.30. The van der Waals surface area contributed by atoms with Crippen molar-refractivity contribution in [1.29, 1.82) is 5.26 Å². The summed E-state index contributed by atoms with van der Waals surface area (Å²) in [7, 11) is 0. The summed E-state index contributed by atoms with van der Waals surface area (Å²) in [6.45, 7) is 0. The van der Waals surface area contributed by atoms with E-state index in [1.54, 1.807) is 0 Å². The second kappa shape index (κ2) is 10.2. The molecule has 8 nitrogen and oxygen atoms in total. The number of nitrogens with one attached hydrogen (secondary N) is 2. The molecule has 2 amide bonds. The lowest BCUT2D eigenvalue weighted by Crippen LogP contribution is -2.21. The molecule has 0 unspecified atom stereocenters. The minimum absolute atomic E-state index is 0.0258. The molecule has 1 aliphatic rings. The van der Waals surface area contributed by atoms with Crippen LogP contribution in [0.3, 0.4) is 0 Å². The largest absolute Gasteiger partial charge is 0.416 e. The van der Waals surface area contributed by atoms with Crippen molar-refractivity contribution < 1.29 is 32.9 Å². The Morgan fingerprint density at radius 1 is 1.07 bits per heavy atom. The van der Waals surface area contributed by atoms with Crippen LogP contribution in [-0.4, -0.2) is 26.4 Å². The smallest absolute Gasteiger partial charge is 0.341 e. The van der Waals surface area contributed by atoms with Crippen LogP contribution in [0.25, 0.3) is 16.8 Å². The third kappa shape index (κ3) is 4.91. The zero-order chi connectivity index (χ0) is 31.5. The number of fused-ring (bicyclic) bond motifs is 2. The number of carbonyl (C=O) groups excluding carboxylic acids is 2. The first-order valence-corrected chi connectivity index (χ1v) is 12.6. The van der Waals surface area contributed by atoms with E-state index in [0.29, 0.717) is 12.1 Å². The molecule has 14 heteroatoms. The Kier molecular flexibility index (Phi) is 6.28. The molecular formula is C29H14ClF5N6O2. The van der Waals surface area contributed by atoms with Gasteiger partial charge in [0, 0.05) is 38.5 Å². The molecule has 0 aliphatic carbocycles. The number of hydrogen-bond donors (Lipinski definition) is 2. The summed E-state index contributed by atoms with van der Waals surface area (Å²) in [6, 6.07) is 11.3. The van der Waals surface area contributed by atoms with E-state index in [9.17, 15) is 36.8 Å². The van der Waals surface area contributed by atoms with Gasteiger partial charge in [0.1, 0.15) is 25.4 Å². The van der Waals surface area contributed by atoms with Gasteiger partial charge in [0.15, 0.2) is 11.3 Å². The fraction of sp³-hybridized carbons (Fsp3) is 0.0690. The summed E-state index contributed by atoms with van der Waals surface area (Å²) in [5.41, 5.74) is -1.48. The minimum Gasteiger partial charge on any atom is -0.341 e. The topological polar surface area (TPSA) is 112 Å². The molecule has 2 aromatic heterocycles. The van der Waals surface area contributed by atoms with Crippen molar-refractivity contribution in [2.75, 3.05) is 5.32 Å². The highest BCUT2D eigenvalue weighted by Crippen LogP contribution is 2.42. The van der Waals surface area contributed by atoms with Crippen molar-refractivity contribution in [1.82, 2.24) is 19.9 Å². The van der Waals surface area contributed by atoms with E-state index >= 15 is 0 Å². The lowest BCUT2D eigenvalue weighted by molar-refractivity contribution is -0.137. The fourth-order valence-corrected chi connectivity index (χ4v) is 5.15. The summed E-state index contributed by atoms with van der Waals surface area (Å²) in [4.78, 5) is 30.5. The molecule has 0 fully saturated rings. The van der Waals surface area contributed by atoms with Crippen LogP contribution in [0.5, 0.6) is 0 Å². The highest BCUT2D eigenvalue weighted by molar-refractivity contribution is 6.31. The van der Waals surface area contributed by atoms with Gasteiger partial charge in [-0.1, -0.05) is 11.6 Å².